The Kier molecular flexibility index (Phi) is 4.17. The van der Waals surface area contributed by atoms with Crippen LogP contribution in [0.15, 0.2) is 53.6 Å². The third kappa shape index (κ3) is 2.73. The third-order valence-corrected chi connectivity index (χ3v) is 6.17. The highest BCUT2D eigenvalue weighted by atomic mass is 16.1. The van der Waals surface area contributed by atoms with Crippen LogP contribution in [0.3, 0.4) is 0 Å². The maximum absolute atomic E-state index is 11.6. The van der Waals surface area contributed by atoms with Crippen molar-refractivity contribution in [3.05, 3.63) is 65.2 Å². The van der Waals surface area contributed by atoms with Gasteiger partial charge in [0, 0.05) is 23.2 Å². The van der Waals surface area contributed by atoms with E-state index in [1.54, 1.807) is 0 Å². The Bertz CT molecular complexity index is 873. The van der Waals surface area contributed by atoms with Crippen molar-refractivity contribution in [2.45, 2.75) is 30.8 Å². The Balaban J connectivity index is 1.66. The predicted octanol–water partition coefficient (Wildman–Crippen LogP) is 2.81. The molecule has 1 saturated heterocycles. The van der Waals surface area contributed by atoms with E-state index in [4.69, 9.17) is 5.10 Å². The highest BCUT2D eigenvalue weighted by Crippen LogP contribution is 2.43. The molecule has 0 saturated carbocycles. The summed E-state index contributed by atoms with van der Waals surface area (Å²) in [6.45, 7) is 2.13. The van der Waals surface area contributed by atoms with Crippen molar-refractivity contribution in [3.8, 4) is 0 Å². The Morgan fingerprint density at radius 3 is 2.59 bits per heavy atom. The fourth-order valence-corrected chi connectivity index (χ4v) is 4.88. The van der Waals surface area contributed by atoms with Gasteiger partial charge >= 0.3 is 0 Å². The molecule has 0 aliphatic carbocycles. The van der Waals surface area contributed by atoms with Crippen molar-refractivity contribution in [3.63, 3.8) is 0 Å². The molecule has 0 radical (unpaired) electrons. The minimum absolute atomic E-state index is 0.169. The van der Waals surface area contributed by atoms with Gasteiger partial charge in [0.25, 0.3) is 0 Å². The molecule has 2 aromatic carbocycles. The number of carbonyl (C=O) groups excluding carboxylic acids is 1. The number of hydrazone groups is 1. The normalized spacial score (nSPS) is 27.0. The van der Waals surface area contributed by atoms with E-state index in [-0.39, 0.29) is 12.0 Å². The molecule has 3 aliphatic rings. The van der Waals surface area contributed by atoms with Crippen molar-refractivity contribution in [1.82, 2.24) is 10.7 Å². The molecule has 5 heteroatoms. The minimum Gasteiger partial charge on any atom is -0.380 e. The average molecular weight is 360 g/mol. The van der Waals surface area contributed by atoms with E-state index >= 15 is 0 Å². The number of hydrogen-bond acceptors (Lipinski definition) is 5. The van der Waals surface area contributed by atoms with E-state index in [1.807, 2.05) is 12.1 Å². The monoisotopic (exact) mass is 360 g/mol. The Morgan fingerprint density at radius 2 is 1.81 bits per heavy atom. The number of rotatable bonds is 3. The van der Waals surface area contributed by atoms with E-state index < -0.39 is 0 Å². The summed E-state index contributed by atoms with van der Waals surface area (Å²) in [5, 5.41) is 12.1. The second-order valence-corrected chi connectivity index (χ2v) is 7.66. The van der Waals surface area contributed by atoms with Gasteiger partial charge in [0.05, 0.1) is 5.71 Å². The first-order chi connectivity index (χ1) is 13.4. The smallest absolute Gasteiger partial charge is 0.148 e. The largest absolute Gasteiger partial charge is 0.380 e. The molecule has 138 valence electrons. The van der Waals surface area contributed by atoms with Crippen LogP contribution in [0.25, 0.3) is 0 Å². The first kappa shape index (κ1) is 16.5. The Labute approximate surface area is 159 Å². The Morgan fingerprint density at radius 1 is 1.00 bits per heavy atom. The number of benzene rings is 2. The average Bonchev–Trinajstić information content (AvgIpc) is 2.75. The quantitative estimate of drug-likeness (QED) is 0.737. The number of anilines is 1. The number of piperidine rings is 1. The van der Waals surface area contributed by atoms with Crippen LogP contribution in [-0.4, -0.2) is 31.1 Å². The molecule has 3 aliphatic heterocycles. The van der Waals surface area contributed by atoms with Crippen molar-refractivity contribution < 1.29 is 4.79 Å². The molecule has 3 heterocycles. The van der Waals surface area contributed by atoms with Gasteiger partial charge in [-0.25, -0.2) is 0 Å². The number of nitrogens with zero attached hydrogens (tertiary/aromatic N) is 1. The molecular weight excluding hydrogens is 336 g/mol. The molecule has 3 N–H and O–H groups in total. The van der Waals surface area contributed by atoms with Crippen molar-refractivity contribution in [1.29, 1.82) is 0 Å². The lowest BCUT2D eigenvalue weighted by molar-refractivity contribution is -0.109. The van der Waals surface area contributed by atoms with Crippen LogP contribution in [0.4, 0.5) is 5.69 Å². The molecule has 27 heavy (non-hydrogen) atoms. The van der Waals surface area contributed by atoms with E-state index in [1.165, 1.54) is 5.56 Å². The van der Waals surface area contributed by atoms with E-state index in [0.717, 1.165) is 54.7 Å². The van der Waals surface area contributed by atoms with Crippen molar-refractivity contribution in [2.24, 2.45) is 11.0 Å². The van der Waals surface area contributed by atoms with Gasteiger partial charge in [-0.3, -0.25) is 5.43 Å². The molecular formula is C22H24N4O. The standard InChI is InChI=1S/C22H24N4O/c27-13-18-16-7-4-8-17-20(16)22(26-25-18)19(14-5-2-1-3-6-14)21(24-17)15-9-11-23-12-10-15/h1-8,13,15,18-19,21,23-25H,9-12H2. The second kappa shape index (κ2) is 6.82. The lowest BCUT2D eigenvalue weighted by Gasteiger charge is -2.43. The second-order valence-electron chi connectivity index (χ2n) is 7.66. The van der Waals surface area contributed by atoms with E-state index in [2.05, 4.69) is 52.5 Å². The predicted molar refractivity (Wildman–Crippen MR) is 107 cm³/mol. The van der Waals surface area contributed by atoms with Crippen molar-refractivity contribution in [2.75, 3.05) is 18.4 Å². The number of aldehydes is 1. The summed E-state index contributed by atoms with van der Waals surface area (Å²) in [5.41, 5.74) is 8.66. The van der Waals surface area contributed by atoms with Gasteiger partial charge in [-0.15, -0.1) is 0 Å². The van der Waals surface area contributed by atoms with Gasteiger partial charge in [0.2, 0.25) is 0 Å². The first-order valence-corrected chi connectivity index (χ1v) is 9.80. The van der Waals surface area contributed by atoms with Gasteiger partial charge in [0.1, 0.15) is 12.3 Å². The molecule has 0 amide bonds. The van der Waals surface area contributed by atoms with Crippen LogP contribution in [0.2, 0.25) is 0 Å². The van der Waals surface area contributed by atoms with E-state index in [9.17, 15) is 4.79 Å². The van der Waals surface area contributed by atoms with Gasteiger partial charge < -0.3 is 15.4 Å². The SMILES string of the molecule is O=CC1NN=C2c3c(cccc31)NC(C1CCNCC1)C2c1ccccc1. The molecule has 1 fully saturated rings. The molecule has 2 aromatic rings. The van der Waals surface area contributed by atoms with Crippen LogP contribution < -0.4 is 16.1 Å². The van der Waals surface area contributed by atoms with Gasteiger partial charge in [-0.1, -0.05) is 42.5 Å². The zero-order chi connectivity index (χ0) is 18.2. The summed E-state index contributed by atoms with van der Waals surface area (Å²) >= 11 is 0. The van der Waals surface area contributed by atoms with Crippen LogP contribution >= 0.6 is 0 Å². The summed E-state index contributed by atoms with van der Waals surface area (Å²) in [4.78, 5) is 11.6. The highest BCUT2D eigenvalue weighted by Gasteiger charge is 2.42. The first-order valence-electron chi connectivity index (χ1n) is 9.80. The summed E-state index contributed by atoms with van der Waals surface area (Å²) in [7, 11) is 0. The molecule has 0 bridgehead atoms. The summed E-state index contributed by atoms with van der Waals surface area (Å²) in [6.07, 6.45) is 3.26. The number of carbonyl (C=O) groups is 1. The summed E-state index contributed by atoms with van der Waals surface area (Å²) in [5.74, 6) is 0.753. The molecule has 5 rings (SSSR count). The van der Waals surface area contributed by atoms with Crippen LogP contribution in [0.1, 0.15) is 41.5 Å². The van der Waals surface area contributed by atoms with E-state index in [0.29, 0.717) is 12.0 Å². The maximum Gasteiger partial charge on any atom is 0.148 e. The van der Waals surface area contributed by atoms with Gasteiger partial charge in [0.15, 0.2) is 0 Å². The van der Waals surface area contributed by atoms with Gasteiger partial charge in [-0.05, 0) is 49.0 Å². The molecule has 3 atom stereocenters. The van der Waals surface area contributed by atoms with Crippen LogP contribution in [0, 0.1) is 5.92 Å². The highest BCUT2D eigenvalue weighted by molar-refractivity contribution is 6.13. The molecule has 3 unspecified atom stereocenters. The zero-order valence-electron chi connectivity index (χ0n) is 15.2. The minimum atomic E-state index is -0.377. The summed E-state index contributed by atoms with van der Waals surface area (Å²) in [6, 6.07) is 16.8. The summed E-state index contributed by atoms with van der Waals surface area (Å²) < 4.78 is 0. The van der Waals surface area contributed by atoms with Gasteiger partial charge in [-0.2, -0.15) is 5.10 Å². The third-order valence-electron chi connectivity index (χ3n) is 6.17. The number of hydrogen-bond donors (Lipinski definition) is 3. The van der Waals surface area contributed by atoms with Crippen LogP contribution in [-0.2, 0) is 4.79 Å². The lowest BCUT2D eigenvalue weighted by atomic mass is 9.71. The zero-order valence-corrected chi connectivity index (χ0v) is 15.2. The topological polar surface area (TPSA) is 65.5 Å². The van der Waals surface area contributed by atoms with Crippen LogP contribution in [0.5, 0.6) is 0 Å². The lowest BCUT2D eigenvalue weighted by Crippen LogP contribution is -2.48. The van der Waals surface area contributed by atoms with Crippen molar-refractivity contribution >= 4 is 17.7 Å². The number of nitrogens with one attached hydrogen (secondary N) is 3. The maximum atomic E-state index is 11.6. The molecule has 5 nitrogen and oxygen atoms in total. The fourth-order valence-electron chi connectivity index (χ4n) is 4.88. The molecule has 0 spiro atoms. The molecule has 0 aromatic heterocycles. The fraction of sp³-hybridized carbons (Fsp3) is 0.364. The Hall–Kier alpha value is -2.66.